The van der Waals surface area contributed by atoms with Crippen molar-refractivity contribution >= 4 is 51.8 Å². The second kappa shape index (κ2) is 5.32. The van der Waals surface area contributed by atoms with Gasteiger partial charge in [0, 0.05) is 3.57 Å². The van der Waals surface area contributed by atoms with Gasteiger partial charge in [0.1, 0.15) is 6.42 Å². The standard InChI is InChI=1S/C9H7ClINO3/c10-6-3-5(11)1-2-7(6)12-8(13)4-9(14)15/h1-3H,4H2,(H,12,13)(H,14,15). The Bertz CT molecular complexity index is 408. The zero-order chi connectivity index (χ0) is 11.4. The number of benzene rings is 1. The van der Waals surface area contributed by atoms with Gasteiger partial charge >= 0.3 is 5.97 Å². The minimum absolute atomic E-state index is 0.389. The Hall–Kier alpha value is -0.820. The lowest BCUT2D eigenvalue weighted by molar-refractivity contribution is -0.139. The van der Waals surface area contributed by atoms with E-state index in [0.29, 0.717) is 10.7 Å². The fraction of sp³-hybridized carbons (Fsp3) is 0.111. The largest absolute Gasteiger partial charge is 0.481 e. The predicted octanol–water partition coefficient (Wildman–Crippen LogP) is 2.36. The fourth-order valence-corrected chi connectivity index (χ4v) is 1.83. The van der Waals surface area contributed by atoms with E-state index < -0.39 is 18.3 Å². The summed E-state index contributed by atoms with van der Waals surface area (Å²) in [6, 6.07) is 5.07. The van der Waals surface area contributed by atoms with Crippen molar-refractivity contribution in [3.63, 3.8) is 0 Å². The molecule has 0 saturated heterocycles. The Balaban J connectivity index is 2.72. The molecule has 1 rings (SSSR count). The van der Waals surface area contributed by atoms with E-state index in [1.807, 2.05) is 0 Å². The Labute approximate surface area is 105 Å². The molecule has 6 heteroatoms. The normalized spacial score (nSPS) is 9.73. The Morgan fingerprint density at radius 1 is 1.47 bits per heavy atom. The van der Waals surface area contributed by atoms with E-state index in [4.69, 9.17) is 16.7 Å². The van der Waals surface area contributed by atoms with Crippen LogP contribution < -0.4 is 5.32 Å². The number of anilines is 1. The molecule has 0 fully saturated rings. The Morgan fingerprint density at radius 3 is 2.67 bits per heavy atom. The summed E-state index contributed by atoms with van der Waals surface area (Å²) in [6.07, 6.45) is -0.567. The van der Waals surface area contributed by atoms with Crippen LogP contribution in [-0.2, 0) is 9.59 Å². The molecule has 1 amide bonds. The lowest BCUT2D eigenvalue weighted by Crippen LogP contribution is -2.16. The number of carbonyl (C=O) groups excluding carboxylic acids is 1. The molecule has 0 aliphatic heterocycles. The summed E-state index contributed by atoms with van der Waals surface area (Å²) in [6.45, 7) is 0. The second-order valence-electron chi connectivity index (χ2n) is 2.74. The first-order chi connectivity index (χ1) is 6.99. The number of carbonyl (C=O) groups is 2. The number of hydrogen-bond donors (Lipinski definition) is 2. The van der Waals surface area contributed by atoms with Gasteiger partial charge in [-0.2, -0.15) is 0 Å². The van der Waals surface area contributed by atoms with Gasteiger partial charge in [0.15, 0.2) is 0 Å². The highest BCUT2D eigenvalue weighted by molar-refractivity contribution is 14.1. The highest BCUT2D eigenvalue weighted by Crippen LogP contribution is 2.23. The van der Waals surface area contributed by atoms with Crippen LogP contribution in [0.4, 0.5) is 5.69 Å². The maximum atomic E-state index is 11.1. The molecule has 0 aliphatic carbocycles. The van der Waals surface area contributed by atoms with Gasteiger partial charge in [-0.15, -0.1) is 0 Å². The van der Waals surface area contributed by atoms with Crippen LogP contribution in [0.15, 0.2) is 18.2 Å². The van der Waals surface area contributed by atoms with Crippen LogP contribution >= 0.6 is 34.2 Å². The summed E-state index contributed by atoms with van der Waals surface area (Å²) in [5.41, 5.74) is 0.420. The topological polar surface area (TPSA) is 66.4 Å². The molecule has 0 spiro atoms. The molecule has 4 nitrogen and oxygen atoms in total. The molecular weight excluding hydrogens is 332 g/mol. The van der Waals surface area contributed by atoms with Gasteiger partial charge in [0.2, 0.25) is 5.91 Å². The van der Waals surface area contributed by atoms with Gasteiger partial charge in [0.25, 0.3) is 0 Å². The van der Waals surface area contributed by atoms with Crippen molar-refractivity contribution in [1.29, 1.82) is 0 Å². The molecule has 0 aliphatic rings. The van der Waals surface area contributed by atoms with Crippen LogP contribution in [0.25, 0.3) is 0 Å². The number of carboxylic acid groups (broad SMARTS) is 1. The lowest BCUT2D eigenvalue weighted by Gasteiger charge is -2.05. The number of aliphatic carboxylic acids is 1. The summed E-state index contributed by atoms with van der Waals surface area (Å²) < 4.78 is 0.939. The molecule has 0 radical (unpaired) electrons. The second-order valence-corrected chi connectivity index (χ2v) is 4.40. The van der Waals surface area contributed by atoms with Crippen LogP contribution in [0.3, 0.4) is 0 Å². The van der Waals surface area contributed by atoms with E-state index in [-0.39, 0.29) is 0 Å². The average molecular weight is 340 g/mol. The maximum absolute atomic E-state index is 11.1. The SMILES string of the molecule is O=C(O)CC(=O)Nc1ccc(I)cc1Cl. The van der Waals surface area contributed by atoms with E-state index in [0.717, 1.165) is 3.57 Å². The number of hydrogen-bond acceptors (Lipinski definition) is 2. The molecule has 0 unspecified atom stereocenters. The van der Waals surface area contributed by atoms with E-state index in [2.05, 4.69) is 27.9 Å². The number of halogens is 2. The van der Waals surface area contributed by atoms with E-state index in [1.54, 1.807) is 18.2 Å². The predicted molar refractivity (Wildman–Crippen MR) is 65.1 cm³/mol. The smallest absolute Gasteiger partial charge is 0.312 e. The number of carboxylic acids is 1. The minimum Gasteiger partial charge on any atom is -0.481 e. The van der Waals surface area contributed by atoms with Crippen molar-refractivity contribution in [2.45, 2.75) is 6.42 Å². The minimum atomic E-state index is -1.17. The summed E-state index contributed by atoms with van der Waals surface area (Å²) >= 11 is 7.93. The van der Waals surface area contributed by atoms with Gasteiger partial charge < -0.3 is 10.4 Å². The molecule has 0 aromatic heterocycles. The van der Waals surface area contributed by atoms with Crippen molar-refractivity contribution in [2.75, 3.05) is 5.32 Å². The molecule has 80 valence electrons. The maximum Gasteiger partial charge on any atom is 0.312 e. The van der Waals surface area contributed by atoms with Crippen molar-refractivity contribution < 1.29 is 14.7 Å². The van der Waals surface area contributed by atoms with Crippen molar-refractivity contribution in [3.8, 4) is 0 Å². The molecule has 0 bridgehead atoms. The van der Waals surface area contributed by atoms with Crippen molar-refractivity contribution in [1.82, 2.24) is 0 Å². The molecular formula is C9H7ClINO3. The van der Waals surface area contributed by atoms with Crippen LogP contribution in [0.2, 0.25) is 5.02 Å². The van der Waals surface area contributed by atoms with E-state index in [1.165, 1.54) is 0 Å². The molecule has 15 heavy (non-hydrogen) atoms. The highest BCUT2D eigenvalue weighted by atomic mass is 127. The highest BCUT2D eigenvalue weighted by Gasteiger charge is 2.09. The van der Waals surface area contributed by atoms with Crippen LogP contribution in [0.5, 0.6) is 0 Å². The number of nitrogens with one attached hydrogen (secondary N) is 1. The van der Waals surface area contributed by atoms with Crippen LogP contribution in [0.1, 0.15) is 6.42 Å². The first kappa shape index (κ1) is 12.3. The van der Waals surface area contributed by atoms with Gasteiger partial charge in [-0.1, -0.05) is 11.6 Å². The Morgan fingerprint density at radius 2 is 2.13 bits per heavy atom. The third-order valence-electron chi connectivity index (χ3n) is 1.52. The van der Waals surface area contributed by atoms with Gasteiger partial charge in [0.05, 0.1) is 10.7 Å². The third kappa shape index (κ3) is 4.05. The zero-order valence-corrected chi connectivity index (χ0v) is 10.4. The number of amides is 1. The molecule has 0 heterocycles. The zero-order valence-electron chi connectivity index (χ0n) is 7.46. The molecule has 1 aromatic rings. The molecule has 0 atom stereocenters. The van der Waals surface area contributed by atoms with Crippen LogP contribution in [0, 0.1) is 3.57 Å². The Kier molecular flexibility index (Phi) is 4.34. The van der Waals surface area contributed by atoms with Gasteiger partial charge in [-0.3, -0.25) is 9.59 Å². The van der Waals surface area contributed by atoms with Gasteiger partial charge in [-0.25, -0.2) is 0 Å². The quantitative estimate of drug-likeness (QED) is 0.656. The van der Waals surface area contributed by atoms with Crippen LogP contribution in [-0.4, -0.2) is 17.0 Å². The van der Waals surface area contributed by atoms with Crippen molar-refractivity contribution in [3.05, 3.63) is 26.8 Å². The van der Waals surface area contributed by atoms with Crippen molar-refractivity contribution in [2.24, 2.45) is 0 Å². The third-order valence-corrected chi connectivity index (χ3v) is 2.50. The molecule has 2 N–H and O–H groups in total. The first-order valence-electron chi connectivity index (χ1n) is 3.95. The summed E-state index contributed by atoms with van der Waals surface area (Å²) in [5, 5.41) is 11.2. The average Bonchev–Trinajstić information content (AvgIpc) is 2.08. The summed E-state index contributed by atoms with van der Waals surface area (Å²) in [5.74, 6) is -1.76. The fourth-order valence-electron chi connectivity index (χ4n) is 0.923. The summed E-state index contributed by atoms with van der Waals surface area (Å²) in [7, 11) is 0. The first-order valence-corrected chi connectivity index (χ1v) is 5.41. The molecule has 0 saturated carbocycles. The van der Waals surface area contributed by atoms with E-state index >= 15 is 0 Å². The summed E-state index contributed by atoms with van der Waals surface area (Å²) in [4.78, 5) is 21.4. The number of rotatable bonds is 3. The lowest BCUT2D eigenvalue weighted by atomic mass is 10.3. The van der Waals surface area contributed by atoms with Gasteiger partial charge in [-0.05, 0) is 40.8 Å². The van der Waals surface area contributed by atoms with E-state index in [9.17, 15) is 9.59 Å². The monoisotopic (exact) mass is 339 g/mol. The molecule has 1 aromatic carbocycles.